The number of nitrogens with one attached hydrogen (secondary N) is 1. The Morgan fingerprint density at radius 2 is 1.65 bits per heavy atom. The molecule has 2 amide bonds. The Kier molecular flexibility index (Phi) is 6.72. The fourth-order valence-electron chi connectivity index (χ4n) is 3.92. The van der Waals surface area contributed by atoms with Gasteiger partial charge in [0.1, 0.15) is 13.2 Å². The van der Waals surface area contributed by atoms with Crippen LogP contribution in [0, 0.1) is 0 Å². The quantitative estimate of drug-likeness (QED) is 0.741. The largest absolute Gasteiger partial charge is 0.486 e. The third-order valence-corrected chi connectivity index (χ3v) is 5.56. The van der Waals surface area contributed by atoms with Crippen LogP contribution in [0.4, 0.5) is 0 Å². The molecule has 0 spiro atoms. The molecule has 0 saturated carbocycles. The van der Waals surface area contributed by atoms with Crippen LogP contribution in [-0.2, 0) is 17.9 Å². The minimum atomic E-state index is -0.0442. The van der Waals surface area contributed by atoms with Crippen molar-refractivity contribution in [3.63, 3.8) is 0 Å². The van der Waals surface area contributed by atoms with E-state index in [9.17, 15) is 9.59 Å². The molecule has 4 rings (SSSR count). The smallest absolute Gasteiger partial charge is 0.253 e. The molecule has 2 aliphatic heterocycles. The number of hydrogen-bond acceptors (Lipinski definition) is 5. The number of benzene rings is 2. The second-order valence-corrected chi connectivity index (χ2v) is 8.12. The number of likely N-dealkylation sites (N-methyl/N-ethyl adjacent to an activating group) is 1. The maximum atomic E-state index is 12.4. The van der Waals surface area contributed by atoms with Crippen LogP contribution >= 0.6 is 0 Å². The Bertz CT molecular complexity index is 923. The highest BCUT2D eigenvalue weighted by Crippen LogP contribution is 2.31. The van der Waals surface area contributed by atoms with E-state index in [-0.39, 0.29) is 11.8 Å². The summed E-state index contributed by atoms with van der Waals surface area (Å²) < 4.78 is 11.2. The van der Waals surface area contributed by atoms with Crippen LogP contribution in [0.1, 0.15) is 34.3 Å². The Labute approximate surface area is 182 Å². The Balaban J connectivity index is 1.23. The number of ether oxygens (including phenoxy) is 2. The summed E-state index contributed by atoms with van der Waals surface area (Å²) in [4.78, 5) is 28.6. The van der Waals surface area contributed by atoms with Crippen LogP contribution < -0.4 is 14.8 Å². The molecule has 1 saturated heterocycles. The number of carbonyl (C=O) groups is 2. The maximum absolute atomic E-state index is 12.4. The van der Waals surface area contributed by atoms with Gasteiger partial charge < -0.3 is 19.7 Å². The fourth-order valence-corrected chi connectivity index (χ4v) is 3.92. The van der Waals surface area contributed by atoms with Gasteiger partial charge in [0.2, 0.25) is 5.91 Å². The third kappa shape index (κ3) is 5.55. The van der Waals surface area contributed by atoms with Crippen LogP contribution in [0.2, 0.25) is 0 Å². The van der Waals surface area contributed by atoms with Gasteiger partial charge in [-0.15, -0.1) is 0 Å². The van der Waals surface area contributed by atoms with Crippen LogP contribution in [0.25, 0.3) is 0 Å². The van der Waals surface area contributed by atoms with E-state index in [1.165, 1.54) is 0 Å². The second-order valence-electron chi connectivity index (χ2n) is 8.12. The zero-order valence-corrected chi connectivity index (χ0v) is 17.9. The molecule has 31 heavy (non-hydrogen) atoms. The molecular formula is C24H29N3O4. The molecule has 0 bridgehead atoms. The highest BCUT2D eigenvalue weighted by atomic mass is 16.6. The van der Waals surface area contributed by atoms with E-state index in [1.54, 1.807) is 0 Å². The summed E-state index contributed by atoms with van der Waals surface area (Å²) in [5, 5.41) is 2.95. The number of likely N-dealkylation sites (tertiary alicyclic amines) is 1. The number of rotatable bonds is 7. The van der Waals surface area contributed by atoms with Gasteiger partial charge in [0.25, 0.3) is 5.91 Å². The van der Waals surface area contributed by atoms with Crippen molar-refractivity contribution in [3.05, 3.63) is 59.2 Å². The van der Waals surface area contributed by atoms with E-state index < -0.39 is 0 Å². The highest BCUT2D eigenvalue weighted by Gasteiger charge is 2.19. The van der Waals surface area contributed by atoms with Crippen molar-refractivity contribution < 1.29 is 19.1 Å². The summed E-state index contributed by atoms with van der Waals surface area (Å²) in [5.41, 5.74) is 2.75. The van der Waals surface area contributed by atoms with E-state index in [0.29, 0.717) is 38.4 Å². The molecule has 2 aliphatic rings. The van der Waals surface area contributed by atoms with Gasteiger partial charge in [-0.2, -0.15) is 0 Å². The molecule has 1 N–H and O–H groups in total. The molecule has 0 aliphatic carbocycles. The van der Waals surface area contributed by atoms with Gasteiger partial charge in [-0.1, -0.05) is 18.2 Å². The van der Waals surface area contributed by atoms with Gasteiger partial charge in [-0.3, -0.25) is 14.5 Å². The Morgan fingerprint density at radius 1 is 0.968 bits per heavy atom. The molecule has 7 nitrogen and oxygen atoms in total. The minimum absolute atomic E-state index is 0.0442. The van der Waals surface area contributed by atoms with Gasteiger partial charge in [0.05, 0.1) is 6.54 Å². The van der Waals surface area contributed by atoms with Crippen LogP contribution in [0.5, 0.6) is 11.5 Å². The van der Waals surface area contributed by atoms with Crippen molar-refractivity contribution in [2.45, 2.75) is 25.9 Å². The average Bonchev–Trinajstić information content (AvgIpc) is 3.32. The van der Waals surface area contributed by atoms with Crippen molar-refractivity contribution in [1.29, 1.82) is 0 Å². The first-order valence-corrected chi connectivity index (χ1v) is 10.8. The number of hydrogen-bond donors (Lipinski definition) is 1. The van der Waals surface area contributed by atoms with E-state index in [2.05, 4.69) is 5.32 Å². The average molecular weight is 424 g/mol. The molecule has 2 aromatic carbocycles. The first-order chi connectivity index (χ1) is 15.1. The van der Waals surface area contributed by atoms with E-state index in [1.807, 2.05) is 59.3 Å². The molecule has 7 heteroatoms. The molecule has 0 atom stereocenters. The van der Waals surface area contributed by atoms with Crippen molar-refractivity contribution in [2.75, 3.05) is 39.9 Å². The van der Waals surface area contributed by atoms with Gasteiger partial charge in [0.15, 0.2) is 11.5 Å². The van der Waals surface area contributed by atoms with Crippen molar-refractivity contribution in [3.8, 4) is 11.5 Å². The fraction of sp³-hybridized carbons (Fsp3) is 0.417. The van der Waals surface area contributed by atoms with Crippen LogP contribution in [0.15, 0.2) is 42.5 Å². The first kappa shape index (κ1) is 21.2. The van der Waals surface area contributed by atoms with Gasteiger partial charge in [-0.05, 0) is 55.3 Å². The number of fused-ring (bicyclic) bond motifs is 1. The molecule has 164 valence electrons. The van der Waals surface area contributed by atoms with Gasteiger partial charge in [0, 0.05) is 31.7 Å². The van der Waals surface area contributed by atoms with E-state index in [4.69, 9.17) is 9.47 Å². The minimum Gasteiger partial charge on any atom is -0.486 e. The lowest BCUT2D eigenvalue weighted by atomic mass is 10.1. The number of nitrogens with zero attached hydrogens (tertiary/aromatic N) is 2. The third-order valence-electron chi connectivity index (χ3n) is 5.56. The SMILES string of the molecule is CN(CC(=O)NCc1ccc(C(=O)N2CCCC2)cc1)Cc1ccc2c(c1)OCCO2. The molecule has 0 aromatic heterocycles. The monoisotopic (exact) mass is 423 g/mol. The Hall–Kier alpha value is -3.06. The lowest BCUT2D eigenvalue weighted by molar-refractivity contribution is -0.122. The number of carbonyl (C=O) groups excluding carboxylic acids is 2. The lowest BCUT2D eigenvalue weighted by Gasteiger charge is -2.21. The van der Waals surface area contributed by atoms with E-state index >= 15 is 0 Å². The molecule has 1 fully saturated rings. The topological polar surface area (TPSA) is 71.1 Å². The summed E-state index contributed by atoms with van der Waals surface area (Å²) in [7, 11) is 1.91. The first-order valence-electron chi connectivity index (χ1n) is 10.8. The highest BCUT2D eigenvalue weighted by molar-refractivity contribution is 5.94. The van der Waals surface area contributed by atoms with Crippen molar-refractivity contribution in [2.24, 2.45) is 0 Å². The standard InChI is InChI=1S/C24H29N3O4/c1-26(16-19-6-9-21-22(14-19)31-13-12-30-21)17-23(28)25-15-18-4-7-20(8-5-18)24(29)27-10-2-3-11-27/h4-9,14H,2-3,10-13,15-17H2,1H3,(H,25,28). The van der Waals surface area contributed by atoms with Gasteiger partial charge >= 0.3 is 0 Å². The summed E-state index contributed by atoms with van der Waals surface area (Å²) in [6.07, 6.45) is 2.16. The zero-order valence-electron chi connectivity index (χ0n) is 17.9. The van der Waals surface area contributed by atoms with Crippen LogP contribution in [0.3, 0.4) is 0 Å². The van der Waals surface area contributed by atoms with Crippen LogP contribution in [-0.4, -0.2) is 61.5 Å². The van der Waals surface area contributed by atoms with Crippen molar-refractivity contribution >= 4 is 11.8 Å². The zero-order chi connectivity index (χ0) is 21.6. The maximum Gasteiger partial charge on any atom is 0.253 e. The Morgan fingerprint density at radius 3 is 2.39 bits per heavy atom. The number of amides is 2. The second kappa shape index (κ2) is 9.83. The van der Waals surface area contributed by atoms with Crippen molar-refractivity contribution in [1.82, 2.24) is 15.1 Å². The predicted molar refractivity (Wildman–Crippen MR) is 117 cm³/mol. The lowest BCUT2D eigenvalue weighted by Crippen LogP contribution is -2.34. The molecule has 0 radical (unpaired) electrons. The predicted octanol–water partition coefficient (Wildman–Crippen LogP) is 2.44. The molecular weight excluding hydrogens is 394 g/mol. The normalized spacial score (nSPS) is 15.2. The summed E-state index contributed by atoms with van der Waals surface area (Å²) >= 11 is 0. The summed E-state index contributed by atoms with van der Waals surface area (Å²) in [6.45, 7) is 4.19. The molecule has 2 aromatic rings. The summed E-state index contributed by atoms with van der Waals surface area (Å²) in [5.74, 6) is 1.57. The summed E-state index contributed by atoms with van der Waals surface area (Å²) in [6, 6.07) is 13.4. The van der Waals surface area contributed by atoms with E-state index in [0.717, 1.165) is 48.6 Å². The molecule has 2 heterocycles. The molecule has 0 unspecified atom stereocenters. The van der Waals surface area contributed by atoms with Gasteiger partial charge in [-0.25, -0.2) is 0 Å².